The van der Waals surface area contributed by atoms with Crippen LogP contribution in [0.25, 0.3) is 0 Å². The fraction of sp³-hybridized carbons (Fsp3) is 0.400. The lowest BCUT2D eigenvalue weighted by Crippen LogP contribution is -2.45. The Morgan fingerprint density at radius 3 is 2.44 bits per heavy atom. The highest BCUT2D eigenvalue weighted by Gasteiger charge is 2.41. The van der Waals surface area contributed by atoms with Crippen molar-refractivity contribution in [3.8, 4) is 0 Å². The van der Waals surface area contributed by atoms with Gasteiger partial charge in [-0.15, -0.1) is 0 Å². The lowest BCUT2D eigenvalue weighted by molar-refractivity contribution is -0.154. The predicted octanol–water partition coefficient (Wildman–Crippen LogP) is 1.95. The summed E-state index contributed by atoms with van der Waals surface area (Å²) in [7, 11) is 0. The standard InChI is InChI=1S/C20H24N2O5/c1-6-21(10-12(2)3)17(23)11-27-20(26)14(5)22-18(24)15-8-7-13(4)9-16(15)19(22)25/h7-9,14H,2,6,10-11H2,1,3-5H3. The van der Waals surface area contributed by atoms with Crippen LogP contribution in [-0.2, 0) is 14.3 Å². The zero-order chi connectivity index (χ0) is 20.3. The van der Waals surface area contributed by atoms with Gasteiger partial charge < -0.3 is 9.64 Å². The number of hydrogen-bond donors (Lipinski definition) is 0. The molecule has 1 aromatic rings. The van der Waals surface area contributed by atoms with Crippen LogP contribution in [0, 0.1) is 6.92 Å². The molecule has 0 aromatic heterocycles. The summed E-state index contributed by atoms with van der Waals surface area (Å²) in [6.07, 6.45) is 0. The minimum absolute atomic E-state index is 0.264. The van der Waals surface area contributed by atoms with Gasteiger partial charge in [0.25, 0.3) is 17.7 Å². The fourth-order valence-corrected chi connectivity index (χ4v) is 2.88. The van der Waals surface area contributed by atoms with Crippen LogP contribution in [0.4, 0.5) is 0 Å². The first kappa shape index (κ1) is 20.4. The van der Waals surface area contributed by atoms with Crippen LogP contribution in [-0.4, -0.2) is 59.2 Å². The first-order chi connectivity index (χ1) is 12.7. The first-order valence-corrected chi connectivity index (χ1v) is 8.74. The third-order valence-corrected chi connectivity index (χ3v) is 4.34. The van der Waals surface area contributed by atoms with Gasteiger partial charge in [-0.25, -0.2) is 4.79 Å². The molecule has 0 radical (unpaired) electrons. The van der Waals surface area contributed by atoms with Crippen LogP contribution in [0.1, 0.15) is 47.1 Å². The highest BCUT2D eigenvalue weighted by molar-refractivity contribution is 6.22. The van der Waals surface area contributed by atoms with Gasteiger partial charge in [-0.3, -0.25) is 19.3 Å². The van der Waals surface area contributed by atoms with E-state index in [2.05, 4.69) is 6.58 Å². The normalized spacial score (nSPS) is 14.0. The molecule has 1 aliphatic heterocycles. The molecule has 1 heterocycles. The molecule has 0 bridgehead atoms. The number of imide groups is 1. The Morgan fingerprint density at radius 1 is 1.22 bits per heavy atom. The molecule has 0 saturated heterocycles. The van der Waals surface area contributed by atoms with E-state index in [0.717, 1.165) is 16.0 Å². The highest BCUT2D eigenvalue weighted by Crippen LogP contribution is 2.26. The molecule has 1 aromatic carbocycles. The number of ether oxygens (including phenoxy) is 1. The molecule has 1 aliphatic rings. The maximum atomic E-state index is 12.5. The van der Waals surface area contributed by atoms with Crippen LogP contribution in [0.15, 0.2) is 30.4 Å². The van der Waals surface area contributed by atoms with Crippen molar-refractivity contribution in [3.05, 3.63) is 47.0 Å². The average Bonchev–Trinajstić information content (AvgIpc) is 2.86. The highest BCUT2D eigenvalue weighted by atomic mass is 16.5. The van der Waals surface area contributed by atoms with E-state index in [4.69, 9.17) is 4.74 Å². The Labute approximate surface area is 158 Å². The molecule has 0 aliphatic carbocycles. The van der Waals surface area contributed by atoms with E-state index >= 15 is 0 Å². The second-order valence-corrected chi connectivity index (χ2v) is 6.68. The van der Waals surface area contributed by atoms with E-state index in [-0.39, 0.29) is 17.0 Å². The van der Waals surface area contributed by atoms with E-state index in [9.17, 15) is 19.2 Å². The van der Waals surface area contributed by atoms with Gasteiger partial charge in [0.2, 0.25) is 0 Å². The Kier molecular flexibility index (Phi) is 6.15. The van der Waals surface area contributed by atoms with E-state index in [1.807, 2.05) is 13.8 Å². The summed E-state index contributed by atoms with van der Waals surface area (Å²) in [5, 5.41) is 0. The summed E-state index contributed by atoms with van der Waals surface area (Å²) in [6, 6.07) is 3.80. The number of carbonyl (C=O) groups excluding carboxylic acids is 4. The molecule has 0 spiro atoms. The molecule has 0 saturated carbocycles. The minimum Gasteiger partial charge on any atom is -0.454 e. The Bertz CT molecular complexity index is 815. The van der Waals surface area contributed by atoms with Crippen LogP contribution in [0.2, 0.25) is 0 Å². The number of nitrogens with zero attached hydrogens (tertiary/aromatic N) is 2. The van der Waals surface area contributed by atoms with Crippen LogP contribution >= 0.6 is 0 Å². The van der Waals surface area contributed by atoms with E-state index in [0.29, 0.717) is 13.1 Å². The minimum atomic E-state index is -1.12. The first-order valence-electron chi connectivity index (χ1n) is 8.74. The summed E-state index contributed by atoms with van der Waals surface area (Å²) >= 11 is 0. The third kappa shape index (κ3) is 4.24. The number of likely N-dealkylation sites (N-methyl/N-ethyl adjacent to an activating group) is 1. The molecule has 2 rings (SSSR count). The van der Waals surface area contributed by atoms with Gasteiger partial charge in [0.1, 0.15) is 6.04 Å². The SMILES string of the molecule is C=C(C)CN(CC)C(=O)COC(=O)C(C)N1C(=O)c2ccc(C)cc2C1=O. The molecule has 1 unspecified atom stereocenters. The number of amides is 3. The van der Waals surface area contributed by atoms with Crippen molar-refractivity contribution in [1.82, 2.24) is 9.80 Å². The van der Waals surface area contributed by atoms with Crippen LogP contribution < -0.4 is 0 Å². The molecule has 1 atom stereocenters. The molecule has 0 fully saturated rings. The number of carbonyl (C=O) groups is 4. The number of esters is 1. The molecule has 144 valence electrons. The van der Waals surface area contributed by atoms with Gasteiger partial charge in [0, 0.05) is 13.1 Å². The third-order valence-electron chi connectivity index (χ3n) is 4.34. The van der Waals surface area contributed by atoms with Gasteiger partial charge in [-0.05, 0) is 39.8 Å². The summed E-state index contributed by atoms with van der Waals surface area (Å²) in [5.74, 6) is -2.24. The molecule has 0 N–H and O–H groups in total. The second kappa shape index (κ2) is 8.16. The maximum Gasteiger partial charge on any atom is 0.329 e. The van der Waals surface area contributed by atoms with Crippen molar-refractivity contribution < 1.29 is 23.9 Å². The van der Waals surface area contributed by atoms with Crippen molar-refractivity contribution in [1.29, 1.82) is 0 Å². The fourth-order valence-electron chi connectivity index (χ4n) is 2.88. The number of aryl methyl sites for hydroxylation is 1. The monoisotopic (exact) mass is 372 g/mol. The molecule has 27 heavy (non-hydrogen) atoms. The van der Waals surface area contributed by atoms with Crippen molar-refractivity contribution >= 4 is 23.7 Å². The molecule has 3 amide bonds. The topological polar surface area (TPSA) is 84.0 Å². The number of benzene rings is 1. The van der Waals surface area contributed by atoms with Crippen LogP contribution in [0.3, 0.4) is 0 Å². The maximum absolute atomic E-state index is 12.5. The number of hydrogen-bond acceptors (Lipinski definition) is 5. The summed E-state index contributed by atoms with van der Waals surface area (Å²) in [4.78, 5) is 51.9. The molecular formula is C20H24N2O5. The lowest BCUT2D eigenvalue weighted by atomic mass is 10.1. The van der Waals surface area contributed by atoms with Gasteiger partial charge in [0.15, 0.2) is 6.61 Å². The Balaban J connectivity index is 2.04. The van der Waals surface area contributed by atoms with E-state index in [1.165, 1.54) is 11.8 Å². The van der Waals surface area contributed by atoms with Gasteiger partial charge in [-0.1, -0.05) is 23.8 Å². The van der Waals surface area contributed by atoms with Crippen molar-refractivity contribution in [2.75, 3.05) is 19.7 Å². The zero-order valence-corrected chi connectivity index (χ0v) is 16.1. The Morgan fingerprint density at radius 2 is 1.85 bits per heavy atom. The van der Waals surface area contributed by atoms with E-state index in [1.54, 1.807) is 25.1 Å². The smallest absolute Gasteiger partial charge is 0.329 e. The second-order valence-electron chi connectivity index (χ2n) is 6.68. The van der Waals surface area contributed by atoms with Crippen molar-refractivity contribution in [2.45, 2.75) is 33.7 Å². The summed E-state index contributed by atoms with van der Waals surface area (Å²) < 4.78 is 5.06. The van der Waals surface area contributed by atoms with Crippen molar-refractivity contribution in [2.24, 2.45) is 0 Å². The molecule has 7 heteroatoms. The summed E-state index contributed by atoms with van der Waals surface area (Å²) in [6.45, 7) is 11.0. The van der Waals surface area contributed by atoms with Gasteiger partial charge in [-0.2, -0.15) is 0 Å². The molecule has 7 nitrogen and oxygen atoms in total. The van der Waals surface area contributed by atoms with Gasteiger partial charge >= 0.3 is 5.97 Å². The average molecular weight is 372 g/mol. The summed E-state index contributed by atoms with van der Waals surface area (Å²) in [5.41, 5.74) is 2.19. The van der Waals surface area contributed by atoms with Crippen molar-refractivity contribution in [3.63, 3.8) is 0 Å². The number of fused-ring (bicyclic) bond motifs is 1. The van der Waals surface area contributed by atoms with E-state index < -0.39 is 30.4 Å². The predicted molar refractivity (Wildman–Crippen MR) is 99.2 cm³/mol. The van der Waals surface area contributed by atoms with Crippen LogP contribution in [0.5, 0.6) is 0 Å². The Hall–Kier alpha value is -2.96. The quantitative estimate of drug-likeness (QED) is 0.415. The lowest BCUT2D eigenvalue weighted by Gasteiger charge is -2.23. The number of rotatable bonds is 7. The molecular weight excluding hydrogens is 348 g/mol. The van der Waals surface area contributed by atoms with Gasteiger partial charge in [0.05, 0.1) is 11.1 Å². The largest absolute Gasteiger partial charge is 0.454 e. The zero-order valence-electron chi connectivity index (χ0n) is 16.1.